The number of ether oxygens (including phenoxy) is 2. The fourth-order valence-corrected chi connectivity index (χ4v) is 5.61. The summed E-state index contributed by atoms with van der Waals surface area (Å²) in [7, 11) is 1.77. The van der Waals surface area contributed by atoms with Crippen molar-refractivity contribution in [3.8, 4) is 0 Å². The first-order valence-electron chi connectivity index (χ1n) is 19.7. The molecule has 1 atom stereocenters. The van der Waals surface area contributed by atoms with Crippen molar-refractivity contribution in [2.75, 3.05) is 40.0 Å². The number of carbonyl (C=O) groups excluding carboxylic acids is 2. The topological polar surface area (TPSA) is 76.1 Å². The molecule has 1 unspecified atom stereocenters. The SMILES string of the molecule is CCCCCC/C=C\CC=O.CCCCCCC(CCCCC)OC(=O)CCCCCCCN(CCO)CCCCCCCOC. The van der Waals surface area contributed by atoms with Crippen molar-refractivity contribution in [1.82, 2.24) is 4.90 Å². The molecule has 0 aliphatic carbocycles. The number of hydrogen-bond donors (Lipinski definition) is 1. The van der Waals surface area contributed by atoms with Gasteiger partial charge in [0.05, 0.1) is 6.61 Å². The van der Waals surface area contributed by atoms with Crippen LogP contribution in [0.1, 0.15) is 188 Å². The Morgan fingerprint density at radius 3 is 1.76 bits per heavy atom. The number of nitrogens with zero attached hydrogens (tertiary/aromatic N) is 1. The van der Waals surface area contributed by atoms with Crippen molar-refractivity contribution in [3.05, 3.63) is 12.2 Å². The number of hydrogen-bond acceptors (Lipinski definition) is 6. The molecule has 274 valence electrons. The number of aliphatic hydroxyl groups is 1. The van der Waals surface area contributed by atoms with Crippen molar-refractivity contribution in [2.24, 2.45) is 0 Å². The average Bonchev–Trinajstić information content (AvgIpc) is 3.05. The molecule has 0 aromatic carbocycles. The van der Waals surface area contributed by atoms with Gasteiger partial charge < -0.3 is 24.3 Å². The first-order chi connectivity index (χ1) is 22.6. The number of esters is 1. The van der Waals surface area contributed by atoms with Gasteiger partial charge in [-0.05, 0) is 77.3 Å². The van der Waals surface area contributed by atoms with Gasteiger partial charge in [0, 0.05) is 33.1 Å². The molecule has 0 aromatic rings. The highest BCUT2D eigenvalue weighted by Crippen LogP contribution is 2.17. The zero-order valence-corrected chi connectivity index (χ0v) is 31.3. The van der Waals surface area contributed by atoms with Gasteiger partial charge in [-0.3, -0.25) is 4.79 Å². The van der Waals surface area contributed by atoms with Crippen LogP contribution in [-0.2, 0) is 19.1 Å². The van der Waals surface area contributed by atoms with E-state index in [-0.39, 0.29) is 18.7 Å². The molecule has 0 aliphatic rings. The van der Waals surface area contributed by atoms with E-state index in [0.29, 0.717) is 12.8 Å². The Hall–Kier alpha value is -1.24. The van der Waals surface area contributed by atoms with Crippen molar-refractivity contribution in [1.29, 1.82) is 0 Å². The first-order valence-corrected chi connectivity index (χ1v) is 19.7. The van der Waals surface area contributed by atoms with E-state index in [1.165, 1.54) is 116 Å². The van der Waals surface area contributed by atoms with Crippen LogP contribution in [0.15, 0.2) is 12.2 Å². The summed E-state index contributed by atoms with van der Waals surface area (Å²) in [5.74, 6) is 0.0123. The number of carbonyl (C=O) groups is 2. The van der Waals surface area contributed by atoms with Gasteiger partial charge in [0.2, 0.25) is 0 Å². The number of aldehydes is 1. The maximum atomic E-state index is 12.4. The molecule has 0 fully saturated rings. The lowest BCUT2D eigenvalue weighted by atomic mass is 10.0. The Bertz CT molecular complexity index is 627. The maximum Gasteiger partial charge on any atom is 0.306 e. The second-order valence-electron chi connectivity index (χ2n) is 13.0. The highest BCUT2D eigenvalue weighted by Gasteiger charge is 2.14. The van der Waals surface area contributed by atoms with Crippen LogP contribution in [0.4, 0.5) is 0 Å². The maximum absolute atomic E-state index is 12.4. The second-order valence-corrected chi connectivity index (χ2v) is 13.0. The normalized spacial score (nSPS) is 12.0. The van der Waals surface area contributed by atoms with Gasteiger partial charge in [-0.15, -0.1) is 0 Å². The highest BCUT2D eigenvalue weighted by molar-refractivity contribution is 5.69. The largest absolute Gasteiger partial charge is 0.462 e. The quantitative estimate of drug-likeness (QED) is 0.0317. The van der Waals surface area contributed by atoms with Crippen LogP contribution in [0.3, 0.4) is 0 Å². The Morgan fingerprint density at radius 2 is 1.17 bits per heavy atom. The molecule has 0 aromatic heterocycles. The van der Waals surface area contributed by atoms with Crippen LogP contribution >= 0.6 is 0 Å². The molecule has 0 rings (SSSR count). The van der Waals surface area contributed by atoms with Gasteiger partial charge in [-0.25, -0.2) is 0 Å². The number of allylic oxidation sites excluding steroid dienone is 2. The summed E-state index contributed by atoms with van der Waals surface area (Å²) in [5.41, 5.74) is 0. The Kier molecular flexibility index (Phi) is 42.6. The van der Waals surface area contributed by atoms with Gasteiger partial charge in [0.1, 0.15) is 12.4 Å². The molecular weight excluding hydrogens is 574 g/mol. The van der Waals surface area contributed by atoms with Crippen molar-refractivity contribution in [2.45, 2.75) is 194 Å². The van der Waals surface area contributed by atoms with E-state index >= 15 is 0 Å². The van der Waals surface area contributed by atoms with Crippen LogP contribution in [0.25, 0.3) is 0 Å². The highest BCUT2D eigenvalue weighted by atomic mass is 16.5. The minimum Gasteiger partial charge on any atom is -0.462 e. The molecule has 0 heterocycles. The fourth-order valence-electron chi connectivity index (χ4n) is 5.61. The summed E-state index contributed by atoms with van der Waals surface area (Å²) in [6.45, 7) is 10.7. The minimum absolute atomic E-state index is 0.0123. The van der Waals surface area contributed by atoms with Crippen LogP contribution in [0.2, 0.25) is 0 Å². The van der Waals surface area contributed by atoms with Gasteiger partial charge in [0.25, 0.3) is 0 Å². The predicted octanol–water partition coefficient (Wildman–Crippen LogP) is 10.8. The van der Waals surface area contributed by atoms with E-state index < -0.39 is 0 Å². The van der Waals surface area contributed by atoms with E-state index in [0.717, 1.165) is 71.1 Å². The molecule has 0 bridgehead atoms. The molecule has 1 N–H and O–H groups in total. The fraction of sp³-hybridized carbons (Fsp3) is 0.900. The van der Waals surface area contributed by atoms with E-state index in [1.807, 2.05) is 6.08 Å². The molecule has 0 aliphatic heterocycles. The molecule has 6 heteroatoms. The lowest BCUT2D eigenvalue weighted by Crippen LogP contribution is -2.29. The lowest BCUT2D eigenvalue weighted by Gasteiger charge is -2.21. The summed E-state index contributed by atoms with van der Waals surface area (Å²) < 4.78 is 11.0. The third-order valence-electron chi connectivity index (χ3n) is 8.53. The molecule has 46 heavy (non-hydrogen) atoms. The predicted molar refractivity (Wildman–Crippen MR) is 198 cm³/mol. The van der Waals surface area contributed by atoms with Crippen molar-refractivity contribution < 1.29 is 24.2 Å². The zero-order valence-electron chi connectivity index (χ0n) is 31.3. The summed E-state index contributed by atoms with van der Waals surface area (Å²) in [6.07, 6.45) is 35.0. The summed E-state index contributed by atoms with van der Waals surface area (Å²) in [6, 6.07) is 0. The Labute approximate surface area is 286 Å². The third kappa shape index (κ3) is 38.9. The van der Waals surface area contributed by atoms with Crippen LogP contribution in [0.5, 0.6) is 0 Å². The number of methoxy groups -OCH3 is 1. The summed E-state index contributed by atoms with van der Waals surface area (Å²) >= 11 is 0. The summed E-state index contributed by atoms with van der Waals surface area (Å²) in [5, 5.41) is 9.36. The Morgan fingerprint density at radius 1 is 0.652 bits per heavy atom. The minimum atomic E-state index is 0.0123. The number of rotatable bonds is 35. The Balaban J connectivity index is 0. The smallest absolute Gasteiger partial charge is 0.306 e. The summed E-state index contributed by atoms with van der Waals surface area (Å²) in [4.78, 5) is 24.7. The van der Waals surface area contributed by atoms with E-state index in [9.17, 15) is 14.7 Å². The van der Waals surface area contributed by atoms with E-state index in [2.05, 4.69) is 31.7 Å². The lowest BCUT2D eigenvalue weighted by molar-refractivity contribution is -0.150. The van der Waals surface area contributed by atoms with Gasteiger partial charge in [-0.1, -0.05) is 123 Å². The number of unbranched alkanes of at least 4 members (excludes halogenated alkanes) is 17. The van der Waals surface area contributed by atoms with Gasteiger partial charge in [0.15, 0.2) is 0 Å². The average molecular weight is 654 g/mol. The molecule has 0 saturated heterocycles. The third-order valence-corrected chi connectivity index (χ3v) is 8.53. The second kappa shape index (κ2) is 41.8. The van der Waals surface area contributed by atoms with Gasteiger partial charge in [-0.2, -0.15) is 0 Å². The van der Waals surface area contributed by atoms with Crippen molar-refractivity contribution in [3.63, 3.8) is 0 Å². The van der Waals surface area contributed by atoms with Crippen LogP contribution in [-0.4, -0.2) is 68.3 Å². The first kappa shape index (κ1) is 46.9. The molecular formula is C40H79NO5. The number of aliphatic hydroxyl groups excluding tert-OH is 1. The molecule has 6 nitrogen and oxygen atoms in total. The standard InChI is InChI=1S/C30H61NO4.C10H18O/c1-4-6-8-16-22-29(21-15-7-5-2)35-30(33)23-17-11-9-12-18-24-31(26-27-32)25-19-13-10-14-20-28-34-3;1-2-3-4-5-6-7-8-9-10-11/h29,32H,4-28H2,1-3H3;7-8,10H,2-6,9H2,1H3/b;8-7-. The van der Waals surface area contributed by atoms with Crippen LogP contribution < -0.4 is 0 Å². The molecule has 0 saturated carbocycles. The molecule has 0 spiro atoms. The van der Waals surface area contributed by atoms with E-state index in [1.54, 1.807) is 7.11 Å². The monoisotopic (exact) mass is 654 g/mol. The zero-order chi connectivity index (χ0) is 34.2. The molecule has 0 radical (unpaired) electrons. The van der Waals surface area contributed by atoms with E-state index in [4.69, 9.17) is 9.47 Å². The van der Waals surface area contributed by atoms with Gasteiger partial charge >= 0.3 is 5.97 Å². The molecule has 0 amide bonds. The van der Waals surface area contributed by atoms with Crippen molar-refractivity contribution >= 4 is 12.3 Å². The van der Waals surface area contributed by atoms with Crippen LogP contribution in [0, 0.1) is 0 Å².